The molecule has 6 nitrogen and oxygen atoms in total. The number of aliphatic hydroxyl groups is 1. The number of rotatable bonds is 5. The third-order valence-corrected chi connectivity index (χ3v) is 3.68. The zero-order chi connectivity index (χ0) is 14.8. The summed E-state index contributed by atoms with van der Waals surface area (Å²) in [6.45, 7) is 6.94. The van der Waals surface area contributed by atoms with E-state index >= 15 is 0 Å². The lowest BCUT2D eigenvalue weighted by Gasteiger charge is -2.38. The zero-order valence-electron chi connectivity index (χ0n) is 12.6. The van der Waals surface area contributed by atoms with Gasteiger partial charge in [-0.15, -0.1) is 0 Å². The van der Waals surface area contributed by atoms with Crippen LogP contribution >= 0.6 is 0 Å². The van der Waals surface area contributed by atoms with Gasteiger partial charge < -0.3 is 15.4 Å². The minimum absolute atomic E-state index is 0.122. The fourth-order valence-corrected chi connectivity index (χ4v) is 2.28. The Labute approximate surface area is 120 Å². The smallest absolute Gasteiger partial charge is 0.145 e. The van der Waals surface area contributed by atoms with Crippen LogP contribution in [-0.4, -0.2) is 34.3 Å². The SMILES string of the molecule is CC(C)(C)c1nc(NN)cc(N(CCO)C2CCC2)n1. The Morgan fingerprint density at radius 2 is 2.10 bits per heavy atom. The minimum atomic E-state index is -0.147. The van der Waals surface area contributed by atoms with E-state index in [1.165, 1.54) is 6.42 Å². The molecule has 1 aliphatic carbocycles. The number of nitrogens with two attached hydrogens (primary N) is 1. The van der Waals surface area contributed by atoms with Gasteiger partial charge in [0.15, 0.2) is 0 Å². The molecule has 0 aromatic carbocycles. The molecule has 1 aromatic heterocycles. The van der Waals surface area contributed by atoms with Crippen LogP contribution in [0.2, 0.25) is 0 Å². The molecule has 1 saturated carbocycles. The molecule has 1 fully saturated rings. The summed E-state index contributed by atoms with van der Waals surface area (Å²) in [5.74, 6) is 7.73. The normalized spacial score (nSPS) is 15.8. The molecule has 20 heavy (non-hydrogen) atoms. The van der Waals surface area contributed by atoms with Crippen molar-refractivity contribution in [2.24, 2.45) is 5.84 Å². The van der Waals surface area contributed by atoms with Crippen molar-refractivity contribution in [3.8, 4) is 0 Å². The molecule has 0 spiro atoms. The van der Waals surface area contributed by atoms with Crippen LogP contribution < -0.4 is 16.2 Å². The number of hydrogen-bond acceptors (Lipinski definition) is 6. The molecule has 4 N–H and O–H groups in total. The summed E-state index contributed by atoms with van der Waals surface area (Å²) in [5, 5.41) is 9.30. The summed E-state index contributed by atoms with van der Waals surface area (Å²) >= 11 is 0. The van der Waals surface area contributed by atoms with Crippen LogP contribution in [0.4, 0.5) is 11.6 Å². The van der Waals surface area contributed by atoms with E-state index in [-0.39, 0.29) is 12.0 Å². The molecule has 0 radical (unpaired) electrons. The number of nitrogens with one attached hydrogen (secondary N) is 1. The highest BCUT2D eigenvalue weighted by Crippen LogP contribution is 2.30. The third kappa shape index (κ3) is 3.19. The van der Waals surface area contributed by atoms with Crippen molar-refractivity contribution in [2.45, 2.75) is 51.5 Å². The monoisotopic (exact) mass is 279 g/mol. The van der Waals surface area contributed by atoms with Gasteiger partial charge in [-0.05, 0) is 19.3 Å². The zero-order valence-corrected chi connectivity index (χ0v) is 12.6. The molecule has 0 saturated heterocycles. The van der Waals surface area contributed by atoms with Crippen molar-refractivity contribution >= 4 is 11.6 Å². The molecule has 0 aliphatic heterocycles. The number of aromatic nitrogens is 2. The number of aliphatic hydroxyl groups excluding tert-OH is 1. The average molecular weight is 279 g/mol. The molecule has 112 valence electrons. The van der Waals surface area contributed by atoms with Crippen molar-refractivity contribution in [3.05, 3.63) is 11.9 Å². The Hall–Kier alpha value is -1.40. The first-order chi connectivity index (χ1) is 9.45. The molecule has 1 heterocycles. The van der Waals surface area contributed by atoms with Crippen molar-refractivity contribution in [1.82, 2.24) is 9.97 Å². The lowest BCUT2D eigenvalue weighted by molar-refractivity contribution is 0.282. The molecule has 1 aliphatic rings. The second-order valence-electron chi connectivity index (χ2n) is 6.33. The number of hydrogen-bond donors (Lipinski definition) is 3. The van der Waals surface area contributed by atoms with Crippen LogP contribution in [-0.2, 0) is 5.41 Å². The molecule has 0 amide bonds. The van der Waals surface area contributed by atoms with Gasteiger partial charge in [0.05, 0.1) is 6.61 Å². The highest BCUT2D eigenvalue weighted by atomic mass is 16.3. The van der Waals surface area contributed by atoms with Gasteiger partial charge >= 0.3 is 0 Å². The van der Waals surface area contributed by atoms with Crippen LogP contribution in [0, 0.1) is 0 Å². The maximum atomic E-state index is 9.30. The first kappa shape index (κ1) is 15.0. The van der Waals surface area contributed by atoms with E-state index in [0.717, 1.165) is 24.5 Å². The first-order valence-electron chi connectivity index (χ1n) is 7.19. The molecular formula is C14H25N5O. The summed E-state index contributed by atoms with van der Waals surface area (Å²) in [6.07, 6.45) is 3.55. The van der Waals surface area contributed by atoms with Gasteiger partial charge in [-0.3, -0.25) is 0 Å². The number of anilines is 2. The van der Waals surface area contributed by atoms with Gasteiger partial charge in [-0.25, -0.2) is 15.8 Å². The summed E-state index contributed by atoms with van der Waals surface area (Å²) in [7, 11) is 0. The average Bonchev–Trinajstić information content (AvgIpc) is 2.34. The molecule has 1 aromatic rings. The summed E-state index contributed by atoms with van der Waals surface area (Å²) < 4.78 is 0. The fraction of sp³-hybridized carbons (Fsp3) is 0.714. The van der Waals surface area contributed by atoms with E-state index in [1.54, 1.807) is 0 Å². The van der Waals surface area contributed by atoms with E-state index in [9.17, 15) is 5.11 Å². The van der Waals surface area contributed by atoms with Gasteiger partial charge in [0.25, 0.3) is 0 Å². The highest BCUT2D eigenvalue weighted by Gasteiger charge is 2.27. The van der Waals surface area contributed by atoms with E-state index in [4.69, 9.17) is 5.84 Å². The van der Waals surface area contributed by atoms with Crippen LogP contribution in [0.15, 0.2) is 6.07 Å². The Morgan fingerprint density at radius 3 is 2.55 bits per heavy atom. The second kappa shape index (κ2) is 5.93. The summed E-state index contributed by atoms with van der Waals surface area (Å²) in [5.41, 5.74) is 2.46. The van der Waals surface area contributed by atoms with Crippen molar-refractivity contribution in [2.75, 3.05) is 23.5 Å². The molecular weight excluding hydrogens is 254 g/mol. The maximum Gasteiger partial charge on any atom is 0.145 e. The lowest BCUT2D eigenvalue weighted by Crippen LogP contribution is -2.42. The Kier molecular flexibility index (Phi) is 4.45. The molecule has 0 bridgehead atoms. The number of hydrazine groups is 1. The van der Waals surface area contributed by atoms with Gasteiger partial charge in [-0.2, -0.15) is 0 Å². The van der Waals surface area contributed by atoms with Crippen LogP contribution in [0.1, 0.15) is 45.9 Å². The number of nitrogens with zero attached hydrogens (tertiary/aromatic N) is 3. The molecule has 0 atom stereocenters. The standard InChI is InChI=1S/C14H25N5O/c1-14(2,3)13-16-11(18-15)9-12(17-13)19(7-8-20)10-5-4-6-10/h9-10,20H,4-8,15H2,1-3H3,(H,16,17,18). The predicted molar refractivity (Wildman–Crippen MR) is 80.6 cm³/mol. The first-order valence-corrected chi connectivity index (χ1v) is 7.19. The third-order valence-electron chi connectivity index (χ3n) is 3.68. The maximum absolute atomic E-state index is 9.30. The molecule has 2 rings (SSSR count). The molecule has 0 unspecified atom stereocenters. The van der Waals surface area contributed by atoms with Gasteiger partial charge in [0.1, 0.15) is 17.5 Å². The summed E-state index contributed by atoms with van der Waals surface area (Å²) in [6, 6.07) is 2.32. The van der Waals surface area contributed by atoms with Crippen molar-refractivity contribution in [3.63, 3.8) is 0 Å². The molecule has 6 heteroatoms. The Bertz CT molecular complexity index is 453. The van der Waals surface area contributed by atoms with Crippen molar-refractivity contribution in [1.29, 1.82) is 0 Å². The van der Waals surface area contributed by atoms with Gasteiger partial charge in [-0.1, -0.05) is 20.8 Å². The Balaban J connectivity index is 2.37. The Morgan fingerprint density at radius 1 is 1.40 bits per heavy atom. The lowest BCUT2D eigenvalue weighted by atomic mass is 9.91. The quantitative estimate of drug-likeness (QED) is 0.558. The van der Waals surface area contributed by atoms with E-state index < -0.39 is 0 Å². The fourth-order valence-electron chi connectivity index (χ4n) is 2.28. The van der Waals surface area contributed by atoms with Crippen LogP contribution in [0.3, 0.4) is 0 Å². The number of nitrogen functional groups attached to an aromatic ring is 1. The predicted octanol–water partition coefficient (Wildman–Crippen LogP) is 1.41. The minimum Gasteiger partial charge on any atom is -0.395 e. The summed E-state index contributed by atoms with van der Waals surface area (Å²) in [4.78, 5) is 11.3. The van der Waals surface area contributed by atoms with E-state index in [2.05, 4.69) is 41.1 Å². The largest absolute Gasteiger partial charge is 0.395 e. The second-order valence-corrected chi connectivity index (χ2v) is 6.33. The van der Waals surface area contributed by atoms with Gasteiger partial charge in [0, 0.05) is 24.1 Å². The van der Waals surface area contributed by atoms with E-state index in [0.29, 0.717) is 18.4 Å². The van der Waals surface area contributed by atoms with E-state index in [1.807, 2.05) is 6.07 Å². The topological polar surface area (TPSA) is 87.3 Å². The van der Waals surface area contributed by atoms with Crippen LogP contribution in [0.25, 0.3) is 0 Å². The van der Waals surface area contributed by atoms with Crippen LogP contribution in [0.5, 0.6) is 0 Å². The van der Waals surface area contributed by atoms with Crippen molar-refractivity contribution < 1.29 is 5.11 Å². The van der Waals surface area contributed by atoms with Gasteiger partial charge in [0.2, 0.25) is 0 Å². The highest BCUT2D eigenvalue weighted by molar-refractivity contribution is 5.50.